The lowest BCUT2D eigenvalue weighted by molar-refractivity contribution is -0.119. The van der Waals surface area contributed by atoms with Gasteiger partial charge in [-0.15, -0.1) is 10.2 Å². The molecule has 1 atom stereocenters. The number of aromatic nitrogens is 3. The van der Waals surface area contributed by atoms with Gasteiger partial charge in [0, 0.05) is 5.69 Å². The molecule has 4 aromatic rings. The van der Waals surface area contributed by atoms with Crippen LogP contribution in [-0.2, 0) is 11.4 Å². The molecule has 0 spiro atoms. The maximum absolute atomic E-state index is 13.2. The van der Waals surface area contributed by atoms with Crippen molar-refractivity contribution < 1.29 is 13.9 Å². The van der Waals surface area contributed by atoms with Gasteiger partial charge in [-0.1, -0.05) is 65.8 Å². The third-order valence-electron chi connectivity index (χ3n) is 4.99. The highest BCUT2D eigenvalue weighted by molar-refractivity contribution is 7.99. The Morgan fingerprint density at radius 2 is 1.76 bits per heavy atom. The molecule has 0 bridgehead atoms. The number of hydrogen-bond donors (Lipinski definition) is 1. The largest absolute Gasteiger partial charge is 0.484 e. The predicted octanol–water partition coefficient (Wildman–Crippen LogP) is 5.61. The summed E-state index contributed by atoms with van der Waals surface area (Å²) in [4.78, 5) is 12.6. The normalized spacial score (nSPS) is 11.7. The summed E-state index contributed by atoms with van der Waals surface area (Å²) in [6, 6.07) is 22.7. The molecule has 0 aliphatic heterocycles. The molecule has 1 unspecified atom stereocenters. The number of amides is 1. The molecule has 3 aromatic carbocycles. The fourth-order valence-corrected chi connectivity index (χ4v) is 4.25. The molecule has 9 heteroatoms. The van der Waals surface area contributed by atoms with Crippen LogP contribution in [0.5, 0.6) is 5.75 Å². The Kier molecular flexibility index (Phi) is 7.82. The van der Waals surface area contributed by atoms with Crippen molar-refractivity contribution in [1.29, 1.82) is 0 Å². The zero-order valence-electron chi connectivity index (χ0n) is 18.3. The quantitative estimate of drug-likeness (QED) is 0.305. The van der Waals surface area contributed by atoms with Crippen molar-refractivity contribution in [3.8, 4) is 11.4 Å². The molecule has 174 valence electrons. The molecule has 6 nitrogen and oxygen atoms in total. The number of hydrogen-bond acceptors (Lipinski definition) is 5. The number of carbonyl (C=O) groups is 1. The van der Waals surface area contributed by atoms with E-state index in [0.717, 1.165) is 11.3 Å². The Morgan fingerprint density at radius 1 is 1.06 bits per heavy atom. The van der Waals surface area contributed by atoms with E-state index in [1.807, 2.05) is 54.0 Å². The minimum atomic E-state index is -0.313. The molecule has 34 heavy (non-hydrogen) atoms. The van der Waals surface area contributed by atoms with Crippen molar-refractivity contribution in [2.45, 2.75) is 24.7 Å². The molecule has 1 N–H and O–H groups in total. The third-order valence-corrected chi connectivity index (χ3v) is 6.23. The van der Waals surface area contributed by atoms with E-state index in [4.69, 9.17) is 16.3 Å². The van der Waals surface area contributed by atoms with Crippen molar-refractivity contribution in [1.82, 2.24) is 20.1 Å². The van der Waals surface area contributed by atoms with Gasteiger partial charge in [0.05, 0.1) is 16.8 Å². The molecule has 0 saturated heterocycles. The molecule has 0 aliphatic carbocycles. The standard InChI is InChI=1S/C25H22ClFN4O2S/c1-17(18-11-13-19(27)14-12-18)28-24(32)16-34-25-30-29-23(31(25)20-7-3-2-4-8-20)15-33-22-10-6-5-9-21(22)26/h2-14,17H,15-16H2,1H3,(H,28,32). The minimum absolute atomic E-state index is 0.141. The topological polar surface area (TPSA) is 69.0 Å². The van der Waals surface area contributed by atoms with Crippen LogP contribution in [-0.4, -0.2) is 26.4 Å². The first-order chi connectivity index (χ1) is 16.5. The van der Waals surface area contributed by atoms with E-state index in [0.29, 0.717) is 21.8 Å². The number of ether oxygens (including phenoxy) is 1. The maximum atomic E-state index is 13.2. The van der Waals surface area contributed by atoms with Crippen LogP contribution in [0.25, 0.3) is 5.69 Å². The van der Waals surface area contributed by atoms with Crippen LogP contribution in [0.2, 0.25) is 5.02 Å². The van der Waals surface area contributed by atoms with E-state index < -0.39 is 0 Å². The summed E-state index contributed by atoms with van der Waals surface area (Å²) in [5.41, 5.74) is 1.68. The first-order valence-corrected chi connectivity index (χ1v) is 11.9. The highest BCUT2D eigenvalue weighted by Crippen LogP contribution is 2.26. The van der Waals surface area contributed by atoms with Crippen LogP contribution in [0.4, 0.5) is 4.39 Å². The number of benzene rings is 3. The fourth-order valence-electron chi connectivity index (χ4n) is 3.28. The van der Waals surface area contributed by atoms with Crippen molar-refractivity contribution >= 4 is 29.3 Å². The summed E-state index contributed by atoms with van der Waals surface area (Å²) in [7, 11) is 0. The summed E-state index contributed by atoms with van der Waals surface area (Å²) >= 11 is 7.47. The number of thioether (sulfide) groups is 1. The lowest BCUT2D eigenvalue weighted by Gasteiger charge is -2.14. The molecule has 0 fully saturated rings. The second-order valence-corrected chi connectivity index (χ2v) is 8.77. The third kappa shape index (κ3) is 5.95. The number of nitrogens with one attached hydrogen (secondary N) is 1. The van der Waals surface area contributed by atoms with Gasteiger partial charge in [-0.3, -0.25) is 9.36 Å². The van der Waals surface area contributed by atoms with E-state index in [2.05, 4.69) is 15.5 Å². The maximum Gasteiger partial charge on any atom is 0.230 e. The summed E-state index contributed by atoms with van der Waals surface area (Å²) in [5.74, 6) is 0.788. The van der Waals surface area contributed by atoms with Crippen molar-refractivity contribution in [3.05, 3.63) is 101 Å². The second-order valence-electron chi connectivity index (χ2n) is 7.42. The molecule has 1 amide bonds. The highest BCUT2D eigenvalue weighted by Gasteiger charge is 2.18. The molecule has 0 saturated carbocycles. The van der Waals surface area contributed by atoms with Crippen LogP contribution in [0.15, 0.2) is 84.0 Å². The monoisotopic (exact) mass is 496 g/mol. The Bertz CT molecular complexity index is 1250. The molecule has 0 radical (unpaired) electrons. The van der Waals surface area contributed by atoms with Gasteiger partial charge in [-0.25, -0.2) is 4.39 Å². The molecule has 1 aromatic heterocycles. The number of nitrogens with zero attached hydrogens (tertiary/aromatic N) is 3. The lowest BCUT2D eigenvalue weighted by Crippen LogP contribution is -2.28. The van der Waals surface area contributed by atoms with Gasteiger partial charge >= 0.3 is 0 Å². The van der Waals surface area contributed by atoms with Crippen LogP contribution < -0.4 is 10.1 Å². The summed E-state index contributed by atoms with van der Waals surface area (Å²) in [6.45, 7) is 2.01. The summed E-state index contributed by atoms with van der Waals surface area (Å²) in [6.07, 6.45) is 0. The van der Waals surface area contributed by atoms with Gasteiger partial charge < -0.3 is 10.1 Å². The van der Waals surface area contributed by atoms with Gasteiger partial charge in [0.25, 0.3) is 0 Å². The van der Waals surface area contributed by atoms with Crippen LogP contribution in [0.3, 0.4) is 0 Å². The van der Waals surface area contributed by atoms with Crippen LogP contribution in [0.1, 0.15) is 24.4 Å². The summed E-state index contributed by atoms with van der Waals surface area (Å²) < 4.78 is 20.9. The predicted molar refractivity (Wildman–Crippen MR) is 131 cm³/mol. The lowest BCUT2D eigenvalue weighted by atomic mass is 10.1. The minimum Gasteiger partial charge on any atom is -0.484 e. The summed E-state index contributed by atoms with van der Waals surface area (Å²) in [5, 5.41) is 12.6. The van der Waals surface area contributed by atoms with Gasteiger partial charge in [-0.05, 0) is 48.9 Å². The van der Waals surface area contributed by atoms with Crippen molar-refractivity contribution in [2.75, 3.05) is 5.75 Å². The van der Waals surface area contributed by atoms with Gasteiger partial charge in [0.1, 0.15) is 18.2 Å². The van der Waals surface area contributed by atoms with E-state index in [1.165, 1.54) is 23.9 Å². The van der Waals surface area contributed by atoms with Gasteiger partial charge in [0.2, 0.25) is 5.91 Å². The van der Waals surface area contributed by atoms with Crippen LogP contribution >= 0.6 is 23.4 Å². The Balaban J connectivity index is 1.46. The zero-order valence-corrected chi connectivity index (χ0v) is 19.9. The molecule has 1 heterocycles. The Morgan fingerprint density at radius 3 is 2.50 bits per heavy atom. The molecular formula is C25H22ClFN4O2S. The van der Waals surface area contributed by atoms with Crippen LogP contribution in [0, 0.1) is 5.82 Å². The number of halogens is 2. The van der Waals surface area contributed by atoms with E-state index in [1.54, 1.807) is 24.3 Å². The average Bonchev–Trinajstić information content (AvgIpc) is 3.26. The van der Waals surface area contributed by atoms with Crippen molar-refractivity contribution in [2.24, 2.45) is 0 Å². The van der Waals surface area contributed by atoms with Gasteiger partial charge in [-0.2, -0.15) is 0 Å². The first kappa shape index (κ1) is 23.8. The van der Waals surface area contributed by atoms with E-state index in [-0.39, 0.29) is 30.1 Å². The first-order valence-electron chi connectivity index (χ1n) is 10.6. The smallest absolute Gasteiger partial charge is 0.230 e. The Hall–Kier alpha value is -3.36. The molecule has 0 aliphatic rings. The van der Waals surface area contributed by atoms with E-state index >= 15 is 0 Å². The molecular weight excluding hydrogens is 475 g/mol. The average molecular weight is 497 g/mol. The Labute approximate surface area is 206 Å². The fraction of sp³-hybridized carbons (Fsp3) is 0.160. The second kappa shape index (κ2) is 11.2. The SMILES string of the molecule is CC(NC(=O)CSc1nnc(COc2ccccc2Cl)n1-c1ccccc1)c1ccc(F)cc1. The number of rotatable bonds is 9. The van der Waals surface area contributed by atoms with E-state index in [9.17, 15) is 9.18 Å². The number of para-hydroxylation sites is 2. The van der Waals surface area contributed by atoms with Gasteiger partial charge in [0.15, 0.2) is 11.0 Å². The zero-order chi connectivity index (χ0) is 23.9. The highest BCUT2D eigenvalue weighted by atomic mass is 35.5. The van der Waals surface area contributed by atoms with Crippen molar-refractivity contribution in [3.63, 3.8) is 0 Å². The molecule has 4 rings (SSSR count). The number of carbonyl (C=O) groups excluding carboxylic acids is 1.